The molecule has 4 rings (SSSR count). The summed E-state index contributed by atoms with van der Waals surface area (Å²) in [7, 11) is 0. The van der Waals surface area contributed by atoms with E-state index in [-0.39, 0.29) is 25.4 Å². The number of aromatic nitrogens is 1. The average Bonchev–Trinajstić information content (AvgIpc) is 2.46. The molecule has 3 heteroatoms. The van der Waals surface area contributed by atoms with Crippen LogP contribution in [0.2, 0.25) is 5.31 Å². The van der Waals surface area contributed by atoms with Crippen molar-refractivity contribution in [2.75, 3.05) is 0 Å². The molecule has 1 radical (unpaired) electrons. The normalized spacial score (nSPS) is 12.8. The SMILES string of the molecule is CC(C)(C)B1c2ccc[c-]c2-c2nccc3cccc1c23.[Ir]. The number of nitrogens with zero attached hydrogens (tertiary/aromatic N) is 1. The van der Waals surface area contributed by atoms with Crippen LogP contribution in [-0.2, 0) is 20.1 Å². The topological polar surface area (TPSA) is 12.9 Å². The molecule has 0 atom stereocenters. The van der Waals surface area contributed by atoms with E-state index in [0.29, 0.717) is 6.71 Å². The van der Waals surface area contributed by atoms with E-state index >= 15 is 0 Å². The number of pyridine rings is 1. The van der Waals surface area contributed by atoms with E-state index < -0.39 is 0 Å². The molecule has 0 unspecified atom stereocenters. The third-order valence-electron chi connectivity index (χ3n) is 4.44. The van der Waals surface area contributed by atoms with Crippen molar-refractivity contribution in [2.45, 2.75) is 26.1 Å². The van der Waals surface area contributed by atoms with Gasteiger partial charge in [-0.05, 0) is 22.5 Å². The summed E-state index contributed by atoms with van der Waals surface area (Å²) in [5, 5.41) is 2.73. The second kappa shape index (κ2) is 5.33. The maximum atomic E-state index is 4.66. The molecule has 0 saturated heterocycles. The Kier molecular flexibility index (Phi) is 3.75. The van der Waals surface area contributed by atoms with Crippen LogP contribution in [-0.4, -0.2) is 11.7 Å². The minimum atomic E-state index is 0. The van der Waals surface area contributed by atoms with Crippen LogP contribution in [0.4, 0.5) is 0 Å². The first kappa shape index (κ1) is 15.5. The minimum absolute atomic E-state index is 0. The van der Waals surface area contributed by atoms with Crippen LogP contribution in [0.15, 0.2) is 48.7 Å². The van der Waals surface area contributed by atoms with Gasteiger partial charge >= 0.3 is 0 Å². The van der Waals surface area contributed by atoms with Crippen LogP contribution in [0, 0.1) is 6.07 Å². The molecule has 1 aliphatic heterocycles. The Bertz CT molecular complexity index is 846. The maximum Gasteiger partial charge on any atom is 0.161 e. The summed E-state index contributed by atoms with van der Waals surface area (Å²) in [6, 6.07) is 18.5. The smallest absolute Gasteiger partial charge is 0.161 e. The van der Waals surface area contributed by atoms with Crippen molar-refractivity contribution in [1.29, 1.82) is 0 Å². The van der Waals surface area contributed by atoms with Gasteiger partial charge in [0, 0.05) is 26.3 Å². The number of hydrogen-bond donors (Lipinski definition) is 0. The van der Waals surface area contributed by atoms with Crippen LogP contribution in [0.1, 0.15) is 20.8 Å². The van der Waals surface area contributed by atoms with Gasteiger partial charge in [0.2, 0.25) is 0 Å². The Balaban J connectivity index is 0.00000144. The Labute approximate surface area is 145 Å². The van der Waals surface area contributed by atoms with Crippen LogP contribution < -0.4 is 10.9 Å². The van der Waals surface area contributed by atoms with E-state index in [0.717, 1.165) is 5.69 Å². The molecule has 2 heterocycles. The maximum absolute atomic E-state index is 4.66. The van der Waals surface area contributed by atoms with E-state index in [9.17, 15) is 0 Å². The fraction of sp³-hybridized carbons (Fsp3) is 0.211. The van der Waals surface area contributed by atoms with Gasteiger partial charge in [0.25, 0.3) is 0 Å². The molecule has 1 aromatic heterocycles. The summed E-state index contributed by atoms with van der Waals surface area (Å²) in [5.74, 6) is 0. The zero-order valence-corrected chi connectivity index (χ0v) is 15.4. The van der Waals surface area contributed by atoms with E-state index in [2.05, 4.69) is 68.2 Å². The van der Waals surface area contributed by atoms with Gasteiger partial charge in [-0.3, -0.25) is 0 Å². The van der Waals surface area contributed by atoms with Crippen molar-refractivity contribution < 1.29 is 20.1 Å². The molecule has 0 saturated carbocycles. The minimum Gasteiger partial charge on any atom is -0.304 e. The summed E-state index contributed by atoms with van der Waals surface area (Å²) in [5.41, 5.74) is 5.00. The van der Waals surface area contributed by atoms with Gasteiger partial charge in [-0.1, -0.05) is 49.7 Å². The number of benzene rings is 2. The number of hydrogen-bond acceptors (Lipinski definition) is 1. The van der Waals surface area contributed by atoms with E-state index in [1.165, 1.54) is 27.3 Å². The Morgan fingerprint density at radius 2 is 1.77 bits per heavy atom. The molecule has 0 bridgehead atoms. The number of rotatable bonds is 0. The van der Waals surface area contributed by atoms with Crippen molar-refractivity contribution in [1.82, 2.24) is 4.98 Å². The molecule has 0 fully saturated rings. The molecule has 0 amide bonds. The predicted molar refractivity (Wildman–Crippen MR) is 90.8 cm³/mol. The Morgan fingerprint density at radius 1 is 1.00 bits per heavy atom. The molecule has 22 heavy (non-hydrogen) atoms. The van der Waals surface area contributed by atoms with Crippen LogP contribution >= 0.6 is 0 Å². The Morgan fingerprint density at radius 3 is 2.55 bits per heavy atom. The van der Waals surface area contributed by atoms with Gasteiger partial charge in [-0.2, -0.15) is 0 Å². The second-order valence-corrected chi connectivity index (χ2v) is 6.90. The van der Waals surface area contributed by atoms with Crippen molar-refractivity contribution in [2.24, 2.45) is 0 Å². The van der Waals surface area contributed by atoms with Gasteiger partial charge < -0.3 is 4.98 Å². The summed E-state index contributed by atoms with van der Waals surface area (Å²) in [6.45, 7) is 7.32. The standard InChI is InChI=1S/C19H17BN.Ir/c1-19(2,3)20-15-9-5-4-8-14(15)18-17-13(11-12-21-18)7-6-10-16(17)20;/h4-7,9-12H,1-3H3;/q-1;. The molecule has 0 N–H and O–H groups in total. The third kappa shape index (κ3) is 2.15. The quantitative estimate of drug-likeness (QED) is 0.369. The summed E-state index contributed by atoms with van der Waals surface area (Å²) in [6.07, 6.45) is 1.91. The summed E-state index contributed by atoms with van der Waals surface area (Å²) < 4.78 is 0. The van der Waals surface area contributed by atoms with Crippen LogP contribution in [0.5, 0.6) is 0 Å². The van der Waals surface area contributed by atoms with Gasteiger partial charge in [-0.15, -0.1) is 35.3 Å². The van der Waals surface area contributed by atoms with E-state index in [4.69, 9.17) is 0 Å². The molecule has 1 nitrogen and oxygen atoms in total. The molecular formula is C19H17BIrN-. The first-order valence-electron chi connectivity index (χ1n) is 7.46. The zero-order valence-electron chi connectivity index (χ0n) is 13.0. The average molecular weight is 462 g/mol. The van der Waals surface area contributed by atoms with E-state index in [1.807, 2.05) is 12.3 Å². The molecule has 1 aliphatic rings. The second-order valence-electron chi connectivity index (χ2n) is 6.90. The first-order chi connectivity index (χ1) is 10.1. The summed E-state index contributed by atoms with van der Waals surface area (Å²) in [4.78, 5) is 4.66. The molecule has 2 aromatic carbocycles. The van der Waals surface area contributed by atoms with Crippen molar-refractivity contribution in [3.8, 4) is 11.3 Å². The van der Waals surface area contributed by atoms with Crippen molar-refractivity contribution in [3.05, 3.63) is 54.7 Å². The molecular weight excluding hydrogens is 445 g/mol. The monoisotopic (exact) mass is 463 g/mol. The zero-order chi connectivity index (χ0) is 14.6. The van der Waals surface area contributed by atoms with Crippen LogP contribution in [0.25, 0.3) is 22.0 Å². The molecule has 0 spiro atoms. The van der Waals surface area contributed by atoms with Crippen molar-refractivity contribution in [3.63, 3.8) is 0 Å². The first-order valence-corrected chi connectivity index (χ1v) is 7.46. The Hall–Kier alpha value is -1.44. The molecule has 111 valence electrons. The molecule has 3 aromatic rings. The fourth-order valence-corrected chi connectivity index (χ4v) is 3.68. The van der Waals surface area contributed by atoms with Gasteiger partial charge in [-0.25, -0.2) is 0 Å². The van der Waals surface area contributed by atoms with E-state index in [1.54, 1.807) is 0 Å². The summed E-state index contributed by atoms with van der Waals surface area (Å²) >= 11 is 0. The predicted octanol–water partition coefficient (Wildman–Crippen LogP) is 3.42. The van der Waals surface area contributed by atoms with Crippen LogP contribution in [0.3, 0.4) is 0 Å². The fourth-order valence-electron chi connectivity index (χ4n) is 3.68. The van der Waals surface area contributed by atoms with Crippen molar-refractivity contribution >= 4 is 28.4 Å². The van der Waals surface area contributed by atoms with Gasteiger partial charge in [0.1, 0.15) is 0 Å². The van der Waals surface area contributed by atoms with Gasteiger partial charge in [0.15, 0.2) is 6.71 Å². The number of fused-ring (bicyclic) bond motifs is 2. The van der Waals surface area contributed by atoms with Gasteiger partial charge in [0.05, 0.1) is 0 Å². The molecule has 0 aliphatic carbocycles. The third-order valence-corrected chi connectivity index (χ3v) is 4.44. The largest absolute Gasteiger partial charge is 0.304 e.